The minimum absolute atomic E-state index is 0.112. The minimum atomic E-state index is 0.112. The zero-order valence-corrected chi connectivity index (χ0v) is 16.5. The monoisotopic (exact) mass is 368 g/mol. The van der Waals surface area contributed by atoms with Crippen molar-refractivity contribution in [3.63, 3.8) is 0 Å². The van der Waals surface area contributed by atoms with Crippen molar-refractivity contribution in [1.82, 2.24) is 14.9 Å². The smallest absolute Gasteiger partial charge is 0.242 e. The summed E-state index contributed by atoms with van der Waals surface area (Å²) in [5.41, 5.74) is 2.34. The van der Waals surface area contributed by atoms with Gasteiger partial charge in [-0.05, 0) is 31.9 Å². The third-order valence-corrected chi connectivity index (χ3v) is 5.84. The molecule has 0 atom stereocenters. The largest absolute Gasteiger partial charge is 0.350 e. The van der Waals surface area contributed by atoms with Gasteiger partial charge in [0, 0.05) is 25.0 Å². The molecule has 1 amide bonds. The van der Waals surface area contributed by atoms with Crippen LogP contribution >= 0.6 is 11.3 Å². The summed E-state index contributed by atoms with van der Waals surface area (Å²) in [6.45, 7) is 7.85. The minimum Gasteiger partial charge on any atom is -0.350 e. The van der Waals surface area contributed by atoms with Gasteiger partial charge in [0.15, 0.2) is 0 Å². The number of fused-ring (bicyclic) bond motifs is 1. The van der Waals surface area contributed by atoms with Crippen LogP contribution in [0.15, 0.2) is 36.7 Å². The van der Waals surface area contributed by atoms with E-state index in [9.17, 15) is 4.79 Å². The van der Waals surface area contributed by atoms with E-state index >= 15 is 0 Å². The summed E-state index contributed by atoms with van der Waals surface area (Å²) in [5, 5.41) is 1.03. The molecule has 5 nitrogen and oxygen atoms in total. The van der Waals surface area contributed by atoms with Crippen molar-refractivity contribution in [2.75, 3.05) is 31.6 Å². The van der Waals surface area contributed by atoms with Gasteiger partial charge in [0.1, 0.15) is 17.0 Å². The number of hydrogen-bond donors (Lipinski definition) is 0. The molecule has 0 N–H and O–H groups in total. The third kappa shape index (κ3) is 3.42. The molecule has 0 aliphatic heterocycles. The molecule has 136 valence electrons. The van der Waals surface area contributed by atoms with Crippen molar-refractivity contribution in [2.45, 2.75) is 20.8 Å². The van der Waals surface area contributed by atoms with Crippen LogP contribution < -0.4 is 4.90 Å². The van der Waals surface area contributed by atoms with Crippen LogP contribution in [-0.2, 0) is 4.79 Å². The van der Waals surface area contributed by atoms with Crippen molar-refractivity contribution in [3.8, 4) is 10.4 Å². The maximum atomic E-state index is 12.5. The van der Waals surface area contributed by atoms with Gasteiger partial charge in [-0.2, -0.15) is 0 Å². The first-order valence-corrected chi connectivity index (χ1v) is 9.66. The number of aromatic nitrogens is 2. The van der Waals surface area contributed by atoms with Crippen molar-refractivity contribution in [2.24, 2.45) is 0 Å². The summed E-state index contributed by atoms with van der Waals surface area (Å²) in [4.78, 5) is 27.4. The number of benzene rings is 1. The zero-order chi connectivity index (χ0) is 18.7. The number of amides is 1. The highest BCUT2D eigenvalue weighted by Gasteiger charge is 2.20. The van der Waals surface area contributed by atoms with Crippen LogP contribution in [0.2, 0.25) is 0 Å². The Labute approximate surface area is 158 Å². The number of hydrogen-bond acceptors (Lipinski definition) is 5. The lowest BCUT2D eigenvalue weighted by molar-refractivity contribution is -0.129. The molecule has 2 heterocycles. The summed E-state index contributed by atoms with van der Waals surface area (Å²) in [6, 6.07) is 10.3. The molecule has 2 aromatic heterocycles. The third-order valence-electron chi connectivity index (χ3n) is 4.59. The number of thiophene rings is 1. The van der Waals surface area contributed by atoms with Crippen molar-refractivity contribution >= 4 is 33.3 Å². The predicted octanol–water partition coefficient (Wildman–Crippen LogP) is 3.97. The topological polar surface area (TPSA) is 49.3 Å². The first-order valence-electron chi connectivity index (χ1n) is 8.85. The molecule has 6 heteroatoms. The second-order valence-electron chi connectivity index (χ2n) is 6.22. The normalized spacial score (nSPS) is 10.9. The highest BCUT2D eigenvalue weighted by atomic mass is 32.1. The summed E-state index contributed by atoms with van der Waals surface area (Å²) < 4.78 is 0. The molecule has 0 bridgehead atoms. The van der Waals surface area contributed by atoms with Crippen LogP contribution in [0.3, 0.4) is 0 Å². The summed E-state index contributed by atoms with van der Waals surface area (Å²) in [6.07, 6.45) is 1.58. The van der Waals surface area contributed by atoms with Crippen LogP contribution in [-0.4, -0.2) is 47.5 Å². The molecule has 0 radical (unpaired) electrons. The highest BCUT2D eigenvalue weighted by molar-refractivity contribution is 7.22. The molecular weight excluding hydrogens is 344 g/mol. The summed E-state index contributed by atoms with van der Waals surface area (Å²) >= 11 is 1.67. The van der Waals surface area contributed by atoms with Gasteiger partial charge in [0.25, 0.3) is 0 Å². The fraction of sp³-hybridized carbons (Fsp3) is 0.350. The Morgan fingerprint density at radius 3 is 2.46 bits per heavy atom. The second kappa shape index (κ2) is 7.83. The van der Waals surface area contributed by atoms with E-state index in [-0.39, 0.29) is 5.91 Å². The maximum absolute atomic E-state index is 12.5. The van der Waals surface area contributed by atoms with E-state index < -0.39 is 0 Å². The fourth-order valence-electron chi connectivity index (χ4n) is 3.16. The number of carbonyl (C=O) groups excluding carboxylic acids is 1. The lowest BCUT2D eigenvalue weighted by Crippen LogP contribution is -2.39. The number of anilines is 1. The van der Waals surface area contributed by atoms with Crippen LogP contribution in [0, 0.1) is 6.92 Å². The molecule has 0 fully saturated rings. The molecule has 0 saturated heterocycles. The van der Waals surface area contributed by atoms with E-state index in [0.29, 0.717) is 6.54 Å². The molecule has 0 unspecified atom stereocenters. The molecular formula is C20H24N4OS. The van der Waals surface area contributed by atoms with E-state index in [4.69, 9.17) is 0 Å². The summed E-state index contributed by atoms with van der Waals surface area (Å²) in [5.74, 6) is 0.923. The number of likely N-dealkylation sites (N-methyl/N-ethyl adjacent to an activating group) is 2. The fourth-order valence-corrected chi connectivity index (χ4v) is 4.31. The van der Waals surface area contributed by atoms with Crippen LogP contribution in [0.1, 0.15) is 19.4 Å². The van der Waals surface area contributed by atoms with Crippen LogP contribution in [0.25, 0.3) is 20.7 Å². The molecule has 0 aliphatic carbocycles. The lowest BCUT2D eigenvalue weighted by atomic mass is 10.1. The van der Waals surface area contributed by atoms with E-state index in [2.05, 4.69) is 29.0 Å². The maximum Gasteiger partial charge on any atom is 0.242 e. The van der Waals surface area contributed by atoms with Crippen LogP contribution in [0.5, 0.6) is 0 Å². The molecule has 1 aromatic carbocycles. The first-order chi connectivity index (χ1) is 12.6. The number of aryl methyl sites for hydroxylation is 1. The first kappa shape index (κ1) is 18.3. The number of nitrogens with zero attached hydrogens (tertiary/aromatic N) is 4. The molecule has 0 saturated carbocycles. The standard InChI is InChI=1S/C20H24N4OS/c1-5-24(6-2)16(25)12-23(4)19-17-14(3)18(15-10-8-7-9-11-15)26-20(17)22-13-21-19/h7-11,13H,5-6,12H2,1-4H3. The quantitative estimate of drug-likeness (QED) is 0.660. The lowest BCUT2D eigenvalue weighted by Gasteiger charge is -2.24. The van der Waals surface area contributed by atoms with E-state index in [1.807, 2.05) is 48.9 Å². The number of carbonyl (C=O) groups is 1. The van der Waals surface area contributed by atoms with Crippen LogP contribution in [0.4, 0.5) is 5.82 Å². The second-order valence-corrected chi connectivity index (χ2v) is 7.22. The van der Waals surface area contributed by atoms with Gasteiger partial charge in [0.05, 0.1) is 11.9 Å². The van der Waals surface area contributed by atoms with Gasteiger partial charge in [0.2, 0.25) is 5.91 Å². The highest BCUT2D eigenvalue weighted by Crippen LogP contribution is 2.40. The van der Waals surface area contributed by atoms with Crippen molar-refractivity contribution in [3.05, 3.63) is 42.2 Å². The number of rotatable bonds is 6. The van der Waals surface area contributed by atoms with E-state index in [1.165, 1.54) is 10.4 Å². The average molecular weight is 369 g/mol. The van der Waals surface area contributed by atoms with Crippen molar-refractivity contribution in [1.29, 1.82) is 0 Å². The zero-order valence-electron chi connectivity index (χ0n) is 15.7. The van der Waals surface area contributed by atoms with Gasteiger partial charge in [-0.15, -0.1) is 11.3 Å². The van der Waals surface area contributed by atoms with Gasteiger partial charge in [-0.1, -0.05) is 30.3 Å². The Kier molecular flexibility index (Phi) is 5.52. The average Bonchev–Trinajstić information content (AvgIpc) is 3.00. The van der Waals surface area contributed by atoms with Crippen molar-refractivity contribution < 1.29 is 4.79 Å². The van der Waals surface area contributed by atoms with Gasteiger partial charge < -0.3 is 9.80 Å². The predicted molar refractivity (Wildman–Crippen MR) is 109 cm³/mol. The SMILES string of the molecule is CCN(CC)C(=O)CN(C)c1ncnc2sc(-c3ccccc3)c(C)c12. The molecule has 0 spiro atoms. The Bertz CT molecular complexity index is 903. The Morgan fingerprint density at radius 1 is 1.12 bits per heavy atom. The van der Waals surface area contributed by atoms with Gasteiger partial charge >= 0.3 is 0 Å². The summed E-state index contributed by atoms with van der Waals surface area (Å²) in [7, 11) is 1.92. The molecule has 3 aromatic rings. The van der Waals surface area contributed by atoms with E-state index in [1.54, 1.807) is 17.7 Å². The molecule has 3 rings (SSSR count). The van der Waals surface area contributed by atoms with Gasteiger partial charge in [-0.3, -0.25) is 4.79 Å². The Hall–Kier alpha value is -2.47. The van der Waals surface area contributed by atoms with E-state index in [0.717, 1.165) is 34.7 Å². The Balaban J connectivity index is 1.99. The Morgan fingerprint density at radius 2 is 1.81 bits per heavy atom. The molecule has 0 aliphatic rings. The van der Waals surface area contributed by atoms with Gasteiger partial charge in [-0.25, -0.2) is 9.97 Å². The molecule has 26 heavy (non-hydrogen) atoms.